The molecule has 0 aliphatic carbocycles. The molecule has 0 aliphatic rings. The van der Waals surface area contributed by atoms with Crippen LogP contribution >= 0.6 is 11.8 Å². The van der Waals surface area contributed by atoms with Crippen LogP contribution in [0.1, 0.15) is 10.5 Å². The SMILES string of the molecule is COC(=O)c1ccc(SC)nn1. The molecule has 64 valence electrons. The molecule has 0 N–H and O–H groups in total. The highest BCUT2D eigenvalue weighted by Crippen LogP contribution is 2.09. The molecule has 0 amide bonds. The first-order valence-electron chi connectivity index (χ1n) is 3.24. The van der Waals surface area contributed by atoms with Crippen LogP contribution in [0, 0.1) is 0 Å². The number of aromatic nitrogens is 2. The van der Waals surface area contributed by atoms with Crippen molar-refractivity contribution in [2.24, 2.45) is 0 Å². The lowest BCUT2D eigenvalue weighted by Gasteiger charge is -1.97. The maximum atomic E-state index is 10.9. The van der Waals surface area contributed by atoms with E-state index in [-0.39, 0.29) is 5.69 Å². The van der Waals surface area contributed by atoms with Crippen molar-refractivity contribution in [1.29, 1.82) is 0 Å². The van der Waals surface area contributed by atoms with Crippen LogP contribution in [-0.4, -0.2) is 29.5 Å². The highest BCUT2D eigenvalue weighted by molar-refractivity contribution is 7.98. The van der Waals surface area contributed by atoms with Crippen molar-refractivity contribution in [1.82, 2.24) is 10.2 Å². The Labute approximate surface area is 74.3 Å². The Morgan fingerprint density at radius 1 is 1.50 bits per heavy atom. The van der Waals surface area contributed by atoms with Crippen molar-refractivity contribution >= 4 is 17.7 Å². The van der Waals surface area contributed by atoms with E-state index in [4.69, 9.17) is 0 Å². The van der Waals surface area contributed by atoms with E-state index in [1.807, 2.05) is 6.26 Å². The minimum atomic E-state index is -0.463. The number of thioether (sulfide) groups is 1. The van der Waals surface area contributed by atoms with Crippen LogP contribution in [0.3, 0.4) is 0 Å². The quantitative estimate of drug-likeness (QED) is 0.506. The molecule has 0 bridgehead atoms. The summed E-state index contributed by atoms with van der Waals surface area (Å²) in [6, 6.07) is 3.31. The molecule has 0 aliphatic heterocycles. The molecule has 0 saturated heterocycles. The standard InChI is InChI=1S/C7H8N2O2S/c1-11-7(10)5-3-4-6(12-2)9-8-5/h3-4H,1-2H3. The van der Waals surface area contributed by atoms with Gasteiger partial charge in [0.25, 0.3) is 0 Å². The fraction of sp³-hybridized carbons (Fsp3) is 0.286. The van der Waals surface area contributed by atoms with Gasteiger partial charge >= 0.3 is 5.97 Å². The maximum Gasteiger partial charge on any atom is 0.358 e. The third-order valence-corrected chi connectivity index (χ3v) is 1.88. The number of rotatable bonds is 2. The van der Waals surface area contributed by atoms with Crippen molar-refractivity contribution in [3.05, 3.63) is 17.8 Å². The van der Waals surface area contributed by atoms with E-state index in [9.17, 15) is 4.79 Å². The summed E-state index contributed by atoms with van der Waals surface area (Å²) in [5, 5.41) is 8.23. The Hall–Kier alpha value is -1.10. The molecule has 1 rings (SSSR count). The average molecular weight is 184 g/mol. The topological polar surface area (TPSA) is 52.1 Å². The maximum absolute atomic E-state index is 10.9. The van der Waals surface area contributed by atoms with Gasteiger partial charge in [0.1, 0.15) is 5.03 Å². The molecule has 0 saturated carbocycles. The van der Waals surface area contributed by atoms with Crippen LogP contribution in [0.2, 0.25) is 0 Å². The predicted octanol–water partition coefficient (Wildman–Crippen LogP) is 0.985. The van der Waals surface area contributed by atoms with E-state index in [1.54, 1.807) is 12.1 Å². The number of carbonyl (C=O) groups excluding carboxylic acids is 1. The second kappa shape index (κ2) is 4.06. The van der Waals surface area contributed by atoms with Crippen molar-refractivity contribution in [3.63, 3.8) is 0 Å². The minimum absolute atomic E-state index is 0.232. The third-order valence-electron chi connectivity index (χ3n) is 1.24. The van der Waals surface area contributed by atoms with Gasteiger partial charge in [0.2, 0.25) is 0 Å². The zero-order chi connectivity index (χ0) is 8.97. The summed E-state index contributed by atoms with van der Waals surface area (Å²) < 4.78 is 4.46. The summed E-state index contributed by atoms with van der Waals surface area (Å²) >= 11 is 1.47. The Morgan fingerprint density at radius 2 is 2.25 bits per heavy atom. The van der Waals surface area contributed by atoms with Crippen LogP contribution in [0.15, 0.2) is 17.2 Å². The van der Waals surface area contributed by atoms with Crippen molar-refractivity contribution in [2.75, 3.05) is 13.4 Å². The van der Waals surface area contributed by atoms with E-state index in [0.29, 0.717) is 0 Å². The van der Waals surface area contributed by atoms with E-state index in [2.05, 4.69) is 14.9 Å². The van der Waals surface area contributed by atoms with Gasteiger partial charge in [-0.15, -0.1) is 22.0 Å². The second-order valence-electron chi connectivity index (χ2n) is 1.95. The Balaban J connectivity index is 2.84. The highest BCUT2D eigenvalue weighted by Gasteiger charge is 2.06. The van der Waals surface area contributed by atoms with Gasteiger partial charge in [-0.05, 0) is 18.4 Å². The molecular weight excluding hydrogens is 176 g/mol. The molecule has 0 fully saturated rings. The lowest BCUT2D eigenvalue weighted by Crippen LogP contribution is -2.05. The molecule has 1 aromatic heterocycles. The lowest BCUT2D eigenvalue weighted by atomic mass is 10.4. The van der Waals surface area contributed by atoms with Crippen LogP contribution < -0.4 is 0 Å². The van der Waals surface area contributed by atoms with Crippen LogP contribution in [-0.2, 0) is 4.74 Å². The van der Waals surface area contributed by atoms with E-state index in [0.717, 1.165) is 5.03 Å². The van der Waals surface area contributed by atoms with E-state index in [1.165, 1.54) is 18.9 Å². The number of methoxy groups -OCH3 is 1. The number of esters is 1. The van der Waals surface area contributed by atoms with Crippen molar-refractivity contribution in [2.45, 2.75) is 5.03 Å². The van der Waals surface area contributed by atoms with Gasteiger partial charge in [-0.3, -0.25) is 0 Å². The van der Waals surface area contributed by atoms with Gasteiger partial charge < -0.3 is 4.74 Å². The number of nitrogens with zero attached hydrogens (tertiary/aromatic N) is 2. The Morgan fingerprint density at radius 3 is 2.67 bits per heavy atom. The van der Waals surface area contributed by atoms with Gasteiger partial charge in [-0.1, -0.05) is 0 Å². The molecule has 0 atom stereocenters. The average Bonchev–Trinajstić information content (AvgIpc) is 2.17. The fourth-order valence-corrected chi connectivity index (χ4v) is 0.969. The number of hydrogen-bond acceptors (Lipinski definition) is 5. The molecule has 0 aromatic carbocycles. The monoisotopic (exact) mass is 184 g/mol. The molecule has 12 heavy (non-hydrogen) atoms. The smallest absolute Gasteiger partial charge is 0.358 e. The van der Waals surface area contributed by atoms with Gasteiger partial charge in [-0.25, -0.2) is 4.79 Å². The van der Waals surface area contributed by atoms with Crippen molar-refractivity contribution in [3.8, 4) is 0 Å². The molecule has 0 spiro atoms. The number of hydrogen-bond donors (Lipinski definition) is 0. The van der Waals surface area contributed by atoms with Gasteiger partial charge in [0.05, 0.1) is 7.11 Å². The first kappa shape index (κ1) is 8.99. The summed E-state index contributed by atoms with van der Waals surface area (Å²) in [5.74, 6) is -0.463. The summed E-state index contributed by atoms with van der Waals surface area (Å²) in [7, 11) is 1.31. The van der Waals surface area contributed by atoms with Crippen molar-refractivity contribution < 1.29 is 9.53 Å². The molecule has 1 heterocycles. The zero-order valence-corrected chi connectivity index (χ0v) is 7.59. The Bertz CT molecular complexity index is 273. The zero-order valence-electron chi connectivity index (χ0n) is 6.77. The molecule has 5 heteroatoms. The van der Waals surface area contributed by atoms with E-state index < -0.39 is 5.97 Å². The van der Waals surface area contributed by atoms with Gasteiger partial charge in [0, 0.05) is 0 Å². The Kier molecular flexibility index (Phi) is 3.04. The van der Waals surface area contributed by atoms with Crippen LogP contribution in [0.5, 0.6) is 0 Å². The molecule has 0 radical (unpaired) electrons. The second-order valence-corrected chi connectivity index (χ2v) is 2.78. The summed E-state index contributed by atoms with van der Waals surface area (Å²) in [6.07, 6.45) is 1.89. The normalized spacial score (nSPS) is 9.50. The van der Waals surface area contributed by atoms with Crippen LogP contribution in [0.4, 0.5) is 0 Å². The number of carbonyl (C=O) groups is 1. The summed E-state index contributed by atoms with van der Waals surface area (Å²) in [6.45, 7) is 0. The molecule has 4 nitrogen and oxygen atoms in total. The fourth-order valence-electron chi connectivity index (χ4n) is 0.642. The molecule has 1 aromatic rings. The largest absolute Gasteiger partial charge is 0.464 e. The van der Waals surface area contributed by atoms with E-state index >= 15 is 0 Å². The highest BCUT2D eigenvalue weighted by atomic mass is 32.2. The number of ether oxygens (including phenoxy) is 1. The van der Waals surface area contributed by atoms with Crippen LogP contribution in [0.25, 0.3) is 0 Å². The lowest BCUT2D eigenvalue weighted by molar-refractivity contribution is 0.0592. The first-order valence-corrected chi connectivity index (χ1v) is 4.46. The molecular formula is C7H8N2O2S. The summed E-state index contributed by atoms with van der Waals surface area (Å²) in [5.41, 5.74) is 0.232. The summed E-state index contributed by atoms with van der Waals surface area (Å²) in [4.78, 5) is 10.9. The minimum Gasteiger partial charge on any atom is -0.464 e. The first-order chi connectivity index (χ1) is 5.77. The van der Waals surface area contributed by atoms with Gasteiger partial charge in [0.15, 0.2) is 5.69 Å². The predicted molar refractivity (Wildman–Crippen MR) is 45.2 cm³/mol. The van der Waals surface area contributed by atoms with Gasteiger partial charge in [-0.2, -0.15) is 0 Å². The molecule has 0 unspecified atom stereocenters. The third kappa shape index (κ3) is 1.94.